The number of nitrogens with one attached hydrogen (secondary N) is 2. The van der Waals surface area contributed by atoms with E-state index < -0.39 is 0 Å². The highest BCUT2D eigenvalue weighted by Gasteiger charge is 2.22. The summed E-state index contributed by atoms with van der Waals surface area (Å²) in [5.41, 5.74) is 1.22. The maximum Gasteiger partial charge on any atom is 0.224 e. The number of piperidine rings is 1. The van der Waals surface area contributed by atoms with E-state index in [1.54, 1.807) is 19.1 Å². The highest BCUT2D eigenvalue weighted by atomic mass is 19.1. The fourth-order valence-electron chi connectivity index (χ4n) is 2.81. The summed E-state index contributed by atoms with van der Waals surface area (Å²) < 4.78 is 13.2. The van der Waals surface area contributed by atoms with Gasteiger partial charge >= 0.3 is 0 Å². The van der Waals surface area contributed by atoms with Crippen molar-refractivity contribution in [1.29, 1.82) is 0 Å². The van der Waals surface area contributed by atoms with Crippen LogP contribution in [0.3, 0.4) is 0 Å². The van der Waals surface area contributed by atoms with Crippen LogP contribution in [0.15, 0.2) is 18.2 Å². The number of rotatable bonds is 4. The molecule has 1 atom stereocenters. The van der Waals surface area contributed by atoms with Crippen LogP contribution in [0.25, 0.3) is 0 Å². The topological polar surface area (TPSA) is 41.1 Å². The van der Waals surface area contributed by atoms with Gasteiger partial charge in [-0.2, -0.15) is 0 Å². The van der Waals surface area contributed by atoms with Gasteiger partial charge in [0.1, 0.15) is 5.82 Å². The summed E-state index contributed by atoms with van der Waals surface area (Å²) in [6.45, 7) is 5.94. The van der Waals surface area contributed by atoms with Crippen molar-refractivity contribution >= 4 is 11.6 Å². The Morgan fingerprint density at radius 2 is 2.15 bits per heavy atom. The first-order valence-electron chi connectivity index (χ1n) is 7.33. The Labute approximate surface area is 120 Å². The van der Waals surface area contributed by atoms with Gasteiger partial charge in [-0.25, -0.2) is 4.39 Å². The number of hydrogen-bond donors (Lipinski definition) is 2. The molecule has 0 bridgehead atoms. The van der Waals surface area contributed by atoms with Crippen LogP contribution in [0.5, 0.6) is 0 Å². The number of anilines is 1. The lowest BCUT2D eigenvalue weighted by molar-refractivity contribution is -0.117. The molecular formula is C16H23FN2O. The van der Waals surface area contributed by atoms with Crippen molar-refractivity contribution in [2.75, 3.05) is 18.4 Å². The zero-order chi connectivity index (χ0) is 14.5. The Bertz CT molecular complexity index is 470. The van der Waals surface area contributed by atoms with Crippen molar-refractivity contribution in [3.63, 3.8) is 0 Å². The highest BCUT2D eigenvalue weighted by molar-refractivity contribution is 5.90. The van der Waals surface area contributed by atoms with Crippen LogP contribution in [0.2, 0.25) is 0 Å². The standard InChI is InChI=1S/C16H23FN2O/c1-11(13-5-7-18-8-6-13)10-16(20)19-14-3-4-15(17)12(2)9-14/h3-4,9,11,13,18H,5-8,10H2,1-2H3,(H,19,20). The van der Waals surface area contributed by atoms with Crippen molar-refractivity contribution in [2.45, 2.75) is 33.1 Å². The molecule has 1 saturated heterocycles. The number of carbonyl (C=O) groups excluding carboxylic acids is 1. The quantitative estimate of drug-likeness (QED) is 0.888. The maximum atomic E-state index is 13.2. The Kier molecular flexibility index (Phi) is 5.12. The molecule has 1 unspecified atom stereocenters. The highest BCUT2D eigenvalue weighted by Crippen LogP contribution is 2.24. The molecule has 0 saturated carbocycles. The molecular weight excluding hydrogens is 255 g/mol. The first kappa shape index (κ1) is 15.0. The molecule has 1 heterocycles. The molecule has 1 aromatic carbocycles. The lowest BCUT2D eigenvalue weighted by Crippen LogP contribution is -2.32. The third kappa shape index (κ3) is 4.04. The van der Waals surface area contributed by atoms with E-state index in [0.717, 1.165) is 25.9 Å². The molecule has 2 rings (SSSR count). The van der Waals surface area contributed by atoms with E-state index in [2.05, 4.69) is 17.6 Å². The number of hydrogen-bond acceptors (Lipinski definition) is 2. The van der Waals surface area contributed by atoms with Crippen molar-refractivity contribution in [1.82, 2.24) is 5.32 Å². The second-order valence-corrected chi connectivity index (χ2v) is 5.78. The molecule has 1 fully saturated rings. The zero-order valence-corrected chi connectivity index (χ0v) is 12.2. The van der Waals surface area contributed by atoms with Crippen LogP contribution in [0, 0.1) is 24.6 Å². The smallest absolute Gasteiger partial charge is 0.224 e. The third-order valence-electron chi connectivity index (χ3n) is 4.14. The average Bonchev–Trinajstić information content (AvgIpc) is 2.44. The van der Waals surface area contributed by atoms with E-state index in [9.17, 15) is 9.18 Å². The molecule has 0 spiro atoms. The lowest BCUT2D eigenvalue weighted by Gasteiger charge is -2.27. The van der Waals surface area contributed by atoms with Gasteiger partial charge in [0.15, 0.2) is 0 Å². The molecule has 1 aliphatic rings. The SMILES string of the molecule is Cc1cc(NC(=O)CC(C)C2CCNCC2)ccc1F. The lowest BCUT2D eigenvalue weighted by atomic mass is 9.84. The Morgan fingerprint density at radius 3 is 2.80 bits per heavy atom. The molecule has 3 nitrogen and oxygen atoms in total. The largest absolute Gasteiger partial charge is 0.326 e. The molecule has 4 heteroatoms. The Hall–Kier alpha value is -1.42. The normalized spacial score (nSPS) is 17.8. The van der Waals surface area contributed by atoms with Gasteiger partial charge in [-0.05, 0) is 68.5 Å². The summed E-state index contributed by atoms with van der Waals surface area (Å²) >= 11 is 0. The third-order valence-corrected chi connectivity index (χ3v) is 4.14. The van der Waals surface area contributed by atoms with Crippen LogP contribution in [-0.2, 0) is 4.79 Å². The van der Waals surface area contributed by atoms with Gasteiger partial charge < -0.3 is 10.6 Å². The van der Waals surface area contributed by atoms with Gasteiger partial charge in [-0.15, -0.1) is 0 Å². The number of amides is 1. The van der Waals surface area contributed by atoms with Gasteiger partial charge in [0.25, 0.3) is 0 Å². The summed E-state index contributed by atoms with van der Waals surface area (Å²) in [7, 11) is 0. The van der Waals surface area contributed by atoms with Crippen LogP contribution < -0.4 is 10.6 Å². The van der Waals surface area contributed by atoms with Gasteiger partial charge in [-0.3, -0.25) is 4.79 Å². The maximum absolute atomic E-state index is 13.2. The summed E-state index contributed by atoms with van der Waals surface area (Å²) in [4.78, 5) is 12.0. The molecule has 2 N–H and O–H groups in total. The molecule has 1 aliphatic heterocycles. The molecule has 0 aliphatic carbocycles. The van der Waals surface area contributed by atoms with E-state index in [1.807, 2.05) is 0 Å². The van der Waals surface area contributed by atoms with E-state index in [1.165, 1.54) is 6.07 Å². The van der Waals surface area contributed by atoms with E-state index in [-0.39, 0.29) is 11.7 Å². The Balaban J connectivity index is 1.86. The first-order valence-corrected chi connectivity index (χ1v) is 7.33. The first-order chi connectivity index (χ1) is 9.56. The number of aryl methyl sites for hydroxylation is 1. The molecule has 1 aromatic rings. The van der Waals surface area contributed by atoms with Gasteiger partial charge in [0.05, 0.1) is 0 Å². The summed E-state index contributed by atoms with van der Waals surface area (Å²) in [5.74, 6) is 0.781. The molecule has 1 amide bonds. The fraction of sp³-hybridized carbons (Fsp3) is 0.562. The minimum absolute atomic E-state index is 0.0158. The van der Waals surface area contributed by atoms with Crippen molar-refractivity contribution in [3.05, 3.63) is 29.6 Å². The van der Waals surface area contributed by atoms with Crippen LogP contribution in [-0.4, -0.2) is 19.0 Å². The zero-order valence-electron chi connectivity index (χ0n) is 12.2. The molecule has 0 radical (unpaired) electrons. The minimum Gasteiger partial charge on any atom is -0.326 e. The second kappa shape index (κ2) is 6.84. The number of carbonyl (C=O) groups is 1. The van der Waals surface area contributed by atoms with Gasteiger partial charge in [-0.1, -0.05) is 6.92 Å². The molecule has 110 valence electrons. The van der Waals surface area contributed by atoms with Crippen LogP contribution >= 0.6 is 0 Å². The summed E-state index contributed by atoms with van der Waals surface area (Å²) in [6.07, 6.45) is 2.81. The minimum atomic E-state index is -0.244. The Morgan fingerprint density at radius 1 is 1.45 bits per heavy atom. The average molecular weight is 278 g/mol. The predicted octanol–water partition coefficient (Wildman–Crippen LogP) is 3.10. The van der Waals surface area contributed by atoms with E-state index in [0.29, 0.717) is 29.5 Å². The van der Waals surface area contributed by atoms with Crippen molar-refractivity contribution in [3.8, 4) is 0 Å². The summed E-state index contributed by atoms with van der Waals surface area (Å²) in [6, 6.07) is 4.67. The molecule has 20 heavy (non-hydrogen) atoms. The second-order valence-electron chi connectivity index (χ2n) is 5.78. The number of halogens is 1. The van der Waals surface area contributed by atoms with Crippen LogP contribution in [0.4, 0.5) is 10.1 Å². The van der Waals surface area contributed by atoms with Gasteiger partial charge in [0, 0.05) is 12.1 Å². The monoisotopic (exact) mass is 278 g/mol. The summed E-state index contributed by atoms with van der Waals surface area (Å²) in [5, 5.41) is 6.20. The van der Waals surface area contributed by atoms with Crippen LogP contribution in [0.1, 0.15) is 31.7 Å². The van der Waals surface area contributed by atoms with E-state index in [4.69, 9.17) is 0 Å². The van der Waals surface area contributed by atoms with Crippen molar-refractivity contribution < 1.29 is 9.18 Å². The fourth-order valence-corrected chi connectivity index (χ4v) is 2.81. The van der Waals surface area contributed by atoms with Gasteiger partial charge in [0.2, 0.25) is 5.91 Å². The number of benzene rings is 1. The molecule has 0 aromatic heterocycles. The predicted molar refractivity (Wildman–Crippen MR) is 79.1 cm³/mol. The van der Waals surface area contributed by atoms with E-state index >= 15 is 0 Å². The van der Waals surface area contributed by atoms with Crippen molar-refractivity contribution in [2.24, 2.45) is 11.8 Å².